The maximum Gasteiger partial charge on any atom is 0.251 e. The molecule has 0 aliphatic carbocycles. The number of nitrogens with zero attached hydrogens (tertiary/aromatic N) is 2. The second-order valence-electron chi connectivity index (χ2n) is 7.67. The highest BCUT2D eigenvalue weighted by Gasteiger charge is 2.24. The van der Waals surface area contributed by atoms with Gasteiger partial charge in [-0.2, -0.15) is 0 Å². The lowest BCUT2D eigenvalue weighted by atomic mass is 10.0. The molecule has 2 N–H and O–H groups in total. The first-order valence-corrected chi connectivity index (χ1v) is 11.0. The van der Waals surface area contributed by atoms with Gasteiger partial charge < -0.3 is 15.2 Å². The average molecular weight is 433 g/mol. The highest BCUT2D eigenvalue weighted by molar-refractivity contribution is 7.20. The van der Waals surface area contributed by atoms with Crippen LogP contribution >= 0.6 is 11.3 Å². The van der Waals surface area contributed by atoms with Crippen molar-refractivity contribution in [3.63, 3.8) is 0 Å². The summed E-state index contributed by atoms with van der Waals surface area (Å²) in [6.45, 7) is 4.26. The summed E-state index contributed by atoms with van der Waals surface area (Å²) >= 11 is 1.52. The fraction of sp³-hybridized carbons (Fsp3) is 0.208. The molecule has 0 spiro atoms. The molecule has 2 amide bonds. The third kappa shape index (κ3) is 4.83. The summed E-state index contributed by atoms with van der Waals surface area (Å²) in [5.41, 5.74) is 2.36. The van der Waals surface area contributed by atoms with Crippen LogP contribution in [-0.2, 0) is 11.3 Å². The number of aromatic nitrogens is 2. The lowest BCUT2D eigenvalue weighted by Gasteiger charge is -2.22. The van der Waals surface area contributed by atoms with Crippen molar-refractivity contribution < 1.29 is 9.59 Å². The third-order valence-corrected chi connectivity index (χ3v) is 6.04. The number of fused-ring (bicyclic) bond motifs is 1. The first kappa shape index (κ1) is 20.8. The Morgan fingerprint density at radius 1 is 1.03 bits per heavy atom. The first-order valence-electron chi connectivity index (χ1n) is 10.2. The van der Waals surface area contributed by atoms with Gasteiger partial charge in [0.25, 0.3) is 5.91 Å². The summed E-state index contributed by atoms with van der Waals surface area (Å²) in [4.78, 5) is 30.3. The molecule has 0 aliphatic heterocycles. The standard InChI is InChI=1S/C24H24N4O2S/c1-16(2)21(23(30)25-15-17-8-4-3-5-9-17)27-22(29)18-10-11-19-20(14-18)31-24(26-19)28-12-6-7-13-28/h3-14,16,21H,15H2,1-2H3,(H,25,30)(H,27,29)/t21-/m0/s1. The van der Waals surface area contributed by atoms with Crippen molar-refractivity contribution >= 4 is 33.4 Å². The quantitative estimate of drug-likeness (QED) is 0.460. The molecule has 7 heteroatoms. The van der Waals surface area contributed by atoms with Crippen LogP contribution in [0, 0.1) is 5.92 Å². The highest BCUT2D eigenvalue weighted by Crippen LogP contribution is 2.26. The smallest absolute Gasteiger partial charge is 0.251 e. The van der Waals surface area contributed by atoms with Crippen LogP contribution < -0.4 is 10.6 Å². The van der Waals surface area contributed by atoms with Crippen molar-refractivity contribution in [2.45, 2.75) is 26.4 Å². The van der Waals surface area contributed by atoms with Crippen LogP contribution in [0.25, 0.3) is 15.3 Å². The molecule has 2 aromatic heterocycles. The number of carbonyl (C=O) groups excluding carboxylic acids is 2. The van der Waals surface area contributed by atoms with Crippen molar-refractivity contribution in [1.82, 2.24) is 20.2 Å². The van der Waals surface area contributed by atoms with Crippen molar-refractivity contribution in [2.75, 3.05) is 0 Å². The average Bonchev–Trinajstić information content (AvgIpc) is 3.45. The van der Waals surface area contributed by atoms with Crippen LogP contribution in [0.3, 0.4) is 0 Å². The maximum atomic E-state index is 12.9. The Balaban J connectivity index is 1.46. The largest absolute Gasteiger partial charge is 0.350 e. The van der Waals surface area contributed by atoms with E-state index >= 15 is 0 Å². The number of amides is 2. The number of carbonyl (C=O) groups is 2. The molecular formula is C24H24N4O2S. The molecule has 2 aromatic carbocycles. The van der Waals surface area contributed by atoms with E-state index in [1.165, 1.54) is 11.3 Å². The SMILES string of the molecule is CC(C)[C@H](NC(=O)c1ccc2nc(-n3cccc3)sc2c1)C(=O)NCc1ccccc1. The van der Waals surface area contributed by atoms with E-state index in [0.717, 1.165) is 20.9 Å². The summed E-state index contributed by atoms with van der Waals surface area (Å²) in [6.07, 6.45) is 3.87. The van der Waals surface area contributed by atoms with E-state index in [0.29, 0.717) is 12.1 Å². The van der Waals surface area contributed by atoms with Crippen LogP contribution in [0.4, 0.5) is 0 Å². The van der Waals surface area contributed by atoms with E-state index in [2.05, 4.69) is 15.6 Å². The summed E-state index contributed by atoms with van der Waals surface area (Å²) in [7, 11) is 0. The Morgan fingerprint density at radius 2 is 1.77 bits per heavy atom. The summed E-state index contributed by atoms with van der Waals surface area (Å²) in [6, 6.07) is 18.4. The van der Waals surface area contributed by atoms with Gasteiger partial charge in [-0.25, -0.2) is 4.98 Å². The molecule has 6 nitrogen and oxygen atoms in total. The van der Waals surface area contributed by atoms with Gasteiger partial charge in [0, 0.05) is 24.5 Å². The van der Waals surface area contributed by atoms with Gasteiger partial charge in [-0.3, -0.25) is 9.59 Å². The van der Waals surface area contributed by atoms with Crippen LogP contribution in [0.1, 0.15) is 29.8 Å². The molecule has 1 atom stereocenters. The van der Waals surface area contributed by atoms with E-state index < -0.39 is 6.04 Å². The second-order valence-corrected chi connectivity index (χ2v) is 8.68. The molecule has 4 aromatic rings. The molecule has 0 fully saturated rings. The fourth-order valence-corrected chi connectivity index (χ4v) is 4.25. The molecule has 0 bridgehead atoms. The predicted octanol–water partition coefficient (Wildman–Crippen LogP) is 4.16. The topological polar surface area (TPSA) is 76.0 Å². The van der Waals surface area contributed by atoms with Crippen molar-refractivity contribution in [3.05, 3.63) is 84.2 Å². The summed E-state index contributed by atoms with van der Waals surface area (Å²) < 4.78 is 2.86. The van der Waals surface area contributed by atoms with E-state index in [9.17, 15) is 9.59 Å². The maximum absolute atomic E-state index is 12.9. The van der Waals surface area contributed by atoms with Crippen LogP contribution in [-0.4, -0.2) is 27.4 Å². The highest BCUT2D eigenvalue weighted by atomic mass is 32.1. The molecular weight excluding hydrogens is 408 g/mol. The minimum atomic E-state index is -0.621. The second kappa shape index (κ2) is 9.14. The van der Waals surface area contributed by atoms with Gasteiger partial charge in [-0.1, -0.05) is 55.5 Å². The Labute approximate surface area is 184 Å². The Morgan fingerprint density at radius 3 is 2.48 bits per heavy atom. The van der Waals surface area contributed by atoms with Gasteiger partial charge in [-0.15, -0.1) is 0 Å². The Kier molecular flexibility index (Phi) is 6.13. The molecule has 0 radical (unpaired) electrons. The number of rotatable bonds is 7. The molecule has 0 unspecified atom stereocenters. The van der Waals surface area contributed by atoms with Gasteiger partial charge in [0.2, 0.25) is 5.91 Å². The van der Waals surface area contributed by atoms with Crippen LogP contribution in [0.5, 0.6) is 0 Å². The van der Waals surface area contributed by atoms with Gasteiger partial charge in [-0.05, 0) is 41.8 Å². The van der Waals surface area contributed by atoms with Gasteiger partial charge >= 0.3 is 0 Å². The first-order chi connectivity index (χ1) is 15.0. The van der Waals surface area contributed by atoms with E-state index in [4.69, 9.17) is 0 Å². The minimum Gasteiger partial charge on any atom is -0.350 e. The number of benzene rings is 2. The molecule has 31 heavy (non-hydrogen) atoms. The zero-order chi connectivity index (χ0) is 21.8. The molecule has 0 aliphatic rings. The molecule has 158 valence electrons. The normalized spacial score (nSPS) is 12.1. The number of thiazole rings is 1. The lowest BCUT2D eigenvalue weighted by Crippen LogP contribution is -2.49. The van der Waals surface area contributed by atoms with E-state index in [-0.39, 0.29) is 17.7 Å². The number of hydrogen-bond donors (Lipinski definition) is 2. The van der Waals surface area contributed by atoms with E-state index in [1.54, 1.807) is 6.07 Å². The Bertz CT molecular complexity index is 1180. The Hall–Kier alpha value is -3.45. The monoisotopic (exact) mass is 432 g/mol. The van der Waals surface area contributed by atoms with Crippen molar-refractivity contribution in [2.24, 2.45) is 5.92 Å². The molecule has 0 saturated heterocycles. The van der Waals surface area contributed by atoms with Crippen LogP contribution in [0.15, 0.2) is 73.1 Å². The van der Waals surface area contributed by atoms with Crippen LogP contribution in [0.2, 0.25) is 0 Å². The third-order valence-electron chi connectivity index (χ3n) is 5.01. The van der Waals surface area contributed by atoms with Crippen molar-refractivity contribution in [1.29, 1.82) is 0 Å². The zero-order valence-corrected chi connectivity index (χ0v) is 18.2. The molecule has 0 saturated carbocycles. The number of nitrogens with one attached hydrogen (secondary N) is 2. The van der Waals surface area contributed by atoms with Gasteiger partial charge in [0.15, 0.2) is 5.13 Å². The predicted molar refractivity (Wildman–Crippen MR) is 123 cm³/mol. The van der Waals surface area contributed by atoms with Crippen molar-refractivity contribution in [3.8, 4) is 5.13 Å². The fourth-order valence-electron chi connectivity index (χ4n) is 3.28. The molecule has 2 heterocycles. The summed E-state index contributed by atoms with van der Waals surface area (Å²) in [5.74, 6) is -0.514. The van der Waals surface area contributed by atoms with E-state index in [1.807, 2.05) is 85.4 Å². The zero-order valence-electron chi connectivity index (χ0n) is 17.4. The minimum absolute atomic E-state index is 0.0489. The van der Waals surface area contributed by atoms with Gasteiger partial charge in [0.1, 0.15) is 6.04 Å². The number of hydrogen-bond acceptors (Lipinski definition) is 4. The lowest BCUT2D eigenvalue weighted by molar-refractivity contribution is -0.124. The molecule has 4 rings (SSSR count). The summed E-state index contributed by atoms with van der Waals surface area (Å²) in [5, 5.41) is 6.66. The van der Waals surface area contributed by atoms with Gasteiger partial charge in [0.05, 0.1) is 10.2 Å².